The molecule has 2 amide bonds. The summed E-state index contributed by atoms with van der Waals surface area (Å²) < 4.78 is 35.0. The first-order valence-corrected chi connectivity index (χ1v) is 21.4. The van der Waals surface area contributed by atoms with Crippen molar-refractivity contribution in [3.8, 4) is 11.5 Å². The second-order valence-electron chi connectivity index (χ2n) is 17.8. The van der Waals surface area contributed by atoms with E-state index in [2.05, 4.69) is 0 Å². The van der Waals surface area contributed by atoms with Crippen molar-refractivity contribution in [2.24, 2.45) is 11.8 Å². The fourth-order valence-corrected chi connectivity index (χ4v) is 7.25. The molecule has 2 fully saturated rings. The molecule has 0 aromatic heterocycles. The number of carbonyl (C=O) groups excluding carboxylic acids is 4. The van der Waals surface area contributed by atoms with Gasteiger partial charge in [0, 0.05) is 38.7 Å². The van der Waals surface area contributed by atoms with Crippen LogP contribution in [0.2, 0.25) is 0 Å². The Kier molecular flexibility index (Phi) is 16.3. The molecule has 0 aliphatic carbocycles. The summed E-state index contributed by atoms with van der Waals surface area (Å²) in [7, 11) is 0. The molecule has 5 rings (SSSR count). The summed E-state index contributed by atoms with van der Waals surface area (Å²) in [6.07, 6.45) is 2.91. The lowest BCUT2D eigenvalue weighted by atomic mass is 9.85. The van der Waals surface area contributed by atoms with Crippen molar-refractivity contribution >= 4 is 24.1 Å². The molecule has 0 bridgehead atoms. The minimum Gasteiger partial charge on any atom is -0.489 e. The Morgan fingerprint density at radius 1 is 0.667 bits per heavy atom. The van der Waals surface area contributed by atoms with Gasteiger partial charge in [-0.25, -0.2) is 14.4 Å². The van der Waals surface area contributed by atoms with Crippen molar-refractivity contribution in [3.63, 3.8) is 0 Å². The number of carbonyl (C=O) groups is 4. The van der Waals surface area contributed by atoms with Gasteiger partial charge in [-0.05, 0) is 114 Å². The molecule has 3 aromatic rings. The minimum atomic E-state index is -1.05. The largest absolute Gasteiger partial charge is 0.489 e. The third-order valence-electron chi connectivity index (χ3n) is 10.2. The van der Waals surface area contributed by atoms with Gasteiger partial charge in [0.15, 0.2) is 0 Å². The zero-order valence-corrected chi connectivity index (χ0v) is 36.5. The van der Waals surface area contributed by atoms with Crippen LogP contribution >= 0.6 is 0 Å². The third kappa shape index (κ3) is 14.8. The van der Waals surface area contributed by atoms with Crippen LogP contribution in [-0.4, -0.2) is 84.0 Å². The number of likely N-dealkylation sites (tertiary alicyclic amines) is 2. The Morgan fingerprint density at radius 2 is 1.23 bits per heavy atom. The monoisotopic (exact) mass is 828 g/mol. The fourth-order valence-electron chi connectivity index (χ4n) is 7.25. The lowest BCUT2D eigenvalue weighted by Gasteiger charge is -2.28. The Hall–Kier alpha value is -5.26. The van der Waals surface area contributed by atoms with Gasteiger partial charge in [0.1, 0.15) is 35.9 Å². The van der Waals surface area contributed by atoms with E-state index in [4.69, 9.17) is 28.4 Å². The number of ether oxygens (including phenoxy) is 6. The minimum absolute atomic E-state index is 0.0714. The van der Waals surface area contributed by atoms with E-state index >= 15 is 0 Å². The first-order valence-electron chi connectivity index (χ1n) is 21.4. The number of rotatable bonds is 17. The van der Waals surface area contributed by atoms with Crippen LogP contribution in [0.4, 0.5) is 9.59 Å². The Labute approximate surface area is 355 Å². The Bertz CT molecular complexity index is 1890. The molecule has 60 heavy (non-hydrogen) atoms. The van der Waals surface area contributed by atoms with Crippen LogP contribution in [0.5, 0.6) is 11.5 Å². The molecule has 0 N–H and O–H groups in total. The summed E-state index contributed by atoms with van der Waals surface area (Å²) >= 11 is 0. The van der Waals surface area contributed by atoms with Gasteiger partial charge in [-0.2, -0.15) is 0 Å². The maximum Gasteiger partial charge on any atom is 0.410 e. The molecule has 12 heteroatoms. The van der Waals surface area contributed by atoms with Crippen LogP contribution in [0.15, 0.2) is 72.8 Å². The van der Waals surface area contributed by atoms with Crippen molar-refractivity contribution in [3.05, 3.63) is 95.1 Å². The topological polar surface area (TPSA) is 130 Å². The van der Waals surface area contributed by atoms with E-state index in [0.717, 1.165) is 47.9 Å². The van der Waals surface area contributed by atoms with Crippen molar-refractivity contribution in [2.45, 2.75) is 124 Å². The van der Waals surface area contributed by atoms with E-state index in [-0.39, 0.29) is 37.6 Å². The molecule has 0 saturated carbocycles. The van der Waals surface area contributed by atoms with E-state index in [1.807, 2.05) is 121 Å². The number of nitrogens with zero attached hydrogens (tertiary/aromatic N) is 2. The van der Waals surface area contributed by atoms with Gasteiger partial charge in [0.25, 0.3) is 0 Å². The highest BCUT2D eigenvalue weighted by molar-refractivity contribution is 5.79. The highest BCUT2D eigenvalue weighted by Gasteiger charge is 2.39. The second kappa shape index (κ2) is 21.3. The summed E-state index contributed by atoms with van der Waals surface area (Å²) in [5.74, 6) is -0.0557. The van der Waals surface area contributed by atoms with E-state index in [0.29, 0.717) is 57.1 Å². The van der Waals surface area contributed by atoms with Crippen LogP contribution < -0.4 is 9.47 Å². The lowest BCUT2D eigenvalue weighted by molar-refractivity contribution is -0.162. The average molecular weight is 829 g/mol. The van der Waals surface area contributed by atoms with Crippen LogP contribution in [-0.2, 0) is 54.6 Å². The van der Waals surface area contributed by atoms with Crippen LogP contribution in [0.3, 0.4) is 0 Å². The van der Waals surface area contributed by atoms with Crippen molar-refractivity contribution in [1.29, 1.82) is 0 Å². The third-order valence-corrected chi connectivity index (χ3v) is 10.2. The molecule has 2 aliphatic rings. The Morgan fingerprint density at radius 3 is 1.82 bits per heavy atom. The van der Waals surface area contributed by atoms with E-state index in [1.165, 1.54) is 0 Å². The van der Waals surface area contributed by atoms with E-state index in [1.54, 1.807) is 9.80 Å². The molecule has 1 unspecified atom stereocenters. The first kappa shape index (κ1) is 45.8. The van der Waals surface area contributed by atoms with Gasteiger partial charge >= 0.3 is 24.1 Å². The molecular weight excluding hydrogens is 765 g/mol. The maximum absolute atomic E-state index is 13.6. The number of esters is 2. The number of amides is 2. The summed E-state index contributed by atoms with van der Waals surface area (Å²) in [5.41, 5.74) is 2.39. The quantitative estimate of drug-likeness (QED) is 0.0738. The van der Waals surface area contributed by atoms with Crippen molar-refractivity contribution in [1.82, 2.24) is 9.80 Å². The molecule has 12 nitrogen and oxygen atoms in total. The number of unbranched alkanes of at least 4 members (excludes halogenated alkanes) is 1. The van der Waals surface area contributed by atoms with Crippen LogP contribution in [0.1, 0.15) is 103 Å². The second-order valence-corrected chi connectivity index (χ2v) is 17.8. The highest BCUT2D eigenvalue weighted by atomic mass is 16.6. The summed E-state index contributed by atoms with van der Waals surface area (Å²) in [6, 6.07) is 23.1. The molecule has 2 heterocycles. The predicted molar refractivity (Wildman–Crippen MR) is 228 cm³/mol. The van der Waals surface area contributed by atoms with Gasteiger partial charge in [-0.1, -0.05) is 67.9 Å². The number of hydrogen-bond donors (Lipinski definition) is 0. The Balaban J connectivity index is 1.18. The van der Waals surface area contributed by atoms with Crippen LogP contribution in [0, 0.1) is 11.8 Å². The summed E-state index contributed by atoms with van der Waals surface area (Å²) in [4.78, 5) is 55.6. The lowest BCUT2D eigenvalue weighted by Crippen LogP contribution is -2.38. The van der Waals surface area contributed by atoms with E-state index in [9.17, 15) is 19.2 Å². The van der Waals surface area contributed by atoms with Crippen molar-refractivity contribution in [2.75, 3.05) is 32.8 Å². The molecule has 0 spiro atoms. The van der Waals surface area contributed by atoms with Gasteiger partial charge in [-0.3, -0.25) is 4.79 Å². The normalized spacial score (nSPS) is 16.5. The van der Waals surface area contributed by atoms with Crippen LogP contribution in [0.25, 0.3) is 0 Å². The predicted octanol–water partition coefficient (Wildman–Crippen LogP) is 9.09. The molecule has 3 atom stereocenters. The van der Waals surface area contributed by atoms with Gasteiger partial charge in [0.2, 0.25) is 6.10 Å². The first-order chi connectivity index (χ1) is 28.5. The van der Waals surface area contributed by atoms with Crippen molar-refractivity contribution < 1.29 is 47.6 Å². The smallest absolute Gasteiger partial charge is 0.410 e. The standard InChI is InChI=1S/C48H64N2O10/c1-8-9-25-55-44(52)42(58-45(53)49-22-10-11-23-49)29-35-16-13-18-37(27-35)33-57-40-20-14-19-39(30-40)56-32-36-17-12-15-34(26-36)28-41(43(51)59-47(2,3)4)38-21-24-50(31-38)46(54)60-48(5,6)7/h12-20,26-27,30,38,41-42H,8-11,21-25,28-29,31-33H2,1-7H3/t38-,41-,42?/m0/s1. The zero-order valence-electron chi connectivity index (χ0n) is 36.5. The molecule has 2 saturated heterocycles. The zero-order chi connectivity index (χ0) is 43.3. The maximum atomic E-state index is 13.6. The number of hydrogen-bond acceptors (Lipinski definition) is 10. The summed E-state index contributed by atoms with van der Waals surface area (Å²) in [5, 5.41) is 0. The molecule has 0 radical (unpaired) electrons. The molecule has 2 aliphatic heterocycles. The van der Waals surface area contributed by atoms with Gasteiger partial charge in [0.05, 0.1) is 12.5 Å². The van der Waals surface area contributed by atoms with E-state index < -0.39 is 35.3 Å². The van der Waals surface area contributed by atoms with Gasteiger partial charge in [-0.15, -0.1) is 0 Å². The fraction of sp³-hybridized carbons (Fsp3) is 0.542. The highest BCUT2D eigenvalue weighted by Crippen LogP contribution is 2.31. The molecule has 3 aromatic carbocycles. The average Bonchev–Trinajstić information content (AvgIpc) is 3.92. The SMILES string of the molecule is CCCCOC(=O)C(Cc1cccc(COc2cccc(OCc3cccc(C[C@H](C(=O)OC(C)(C)C)[C@H]4CCN(C(=O)OC(C)(C)C)C4)c3)c2)c1)OC(=O)N1CCCC1. The number of benzene rings is 3. The molecular formula is C48H64N2O10. The van der Waals surface area contributed by atoms with Gasteiger partial charge < -0.3 is 38.2 Å². The molecule has 326 valence electrons. The summed E-state index contributed by atoms with van der Waals surface area (Å²) in [6.45, 7) is 16.2.